The second kappa shape index (κ2) is 9.44. The Balaban J connectivity index is 1.82. The molecule has 0 saturated heterocycles. The van der Waals surface area contributed by atoms with Crippen LogP contribution in [0.15, 0.2) is 72.8 Å². The van der Waals surface area contributed by atoms with Crippen molar-refractivity contribution in [3.05, 3.63) is 95.1 Å². The lowest BCUT2D eigenvalue weighted by Crippen LogP contribution is -2.19. The maximum absolute atomic E-state index is 12.9. The predicted octanol–water partition coefficient (Wildman–Crippen LogP) is 5.36. The molecule has 0 aliphatic carbocycles. The number of halogens is 3. The van der Waals surface area contributed by atoms with Crippen LogP contribution in [-0.2, 0) is 17.5 Å². The van der Waals surface area contributed by atoms with E-state index in [4.69, 9.17) is 4.74 Å². The molecule has 0 heterocycles. The predicted molar refractivity (Wildman–Crippen MR) is 111 cm³/mol. The summed E-state index contributed by atoms with van der Waals surface area (Å²) in [5.41, 5.74) is 0.514. The van der Waals surface area contributed by atoms with E-state index >= 15 is 0 Å². The highest BCUT2D eigenvalue weighted by Gasteiger charge is 2.30. The minimum Gasteiger partial charge on any atom is -0.380 e. The Hall–Kier alpha value is -3.65. The van der Waals surface area contributed by atoms with E-state index in [0.717, 1.165) is 12.1 Å². The van der Waals surface area contributed by atoms with Gasteiger partial charge in [-0.1, -0.05) is 36.4 Å². The number of methoxy groups -OCH3 is 1. The second-order valence-corrected chi connectivity index (χ2v) is 6.62. The first kappa shape index (κ1) is 22.0. The van der Waals surface area contributed by atoms with Gasteiger partial charge in [-0.2, -0.15) is 13.2 Å². The molecule has 3 rings (SSSR count). The smallest absolute Gasteiger partial charge is 0.380 e. The summed E-state index contributed by atoms with van der Waals surface area (Å²) < 4.78 is 43.9. The lowest BCUT2D eigenvalue weighted by atomic mass is 10.1. The molecule has 0 saturated carbocycles. The summed E-state index contributed by atoms with van der Waals surface area (Å²) in [6.45, 7) is 0.237. The SMILES string of the molecule is COCc1ccccc1C(=O)Nc1ccccc1C(=O)Nc1cccc(C(F)(F)F)c1. The maximum Gasteiger partial charge on any atom is 0.416 e. The average Bonchev–Trinajstić information content (AvgIpc) is 2.74. The van der Waals surface area contributed by atoms with Crippen LogP contribution in [0, 0.1) is 0 Å². The topological polar surface area (TPSA) is 67.4 Å². The first-order valence-corrected chi connectivity index (χ1v) is 9.25. The van der Waals surface area contributed by atoms with Crippen molar-refractivity contribution in [2.45, 2.75) is 12.8 Å². The zero-order valence-electron chi connectivity index (χ0n) is 16.5. The number of para-hydroxylation sites is 1. The van der Waals surface area contributed by atoms with Gasteiger partial charge >= 0.3 is 6.18 Å². The highest BCUT2D eigenvalue weighted by molar-refractivity contribution is 6.12. The normalized spacial score (nSPS) is 11.1. The molecule has 0 bridgehead atoms. The number of benzene rings is 3. The van der Waals surface area contributed by atoms with E-state index < -0.39 is 23.6 Å². The Kier molecular flexibility index (Phi) is 6.71. The largest absolute Gasteiger partial charge is 0.416 e. The molecule has 31 heavy (non-hydrogen) atoms. The maximum atomic E-state index is 12.9. The van der Waals surface area contributed by atoms with E-state index in [0.29, 0.717) is 11.1 Å². The molecule has 0 aliphatic heterocycles. The summed E-state index contributed by atoms with van der Waals surface area (Å²) in [6.07, 6.45) is -4.53. The van der Waals surface area contributed by atoms with Crippen molar-refractivity contribution in [3.63, 3.8) is 0 Å². The van der Waals surface area contributed by atoms with Crippen molar-refractivity contribution >= 4 is 23.2 Å². The van der Waals surface area contributed by atoms with Gasteiger partial charge in [-0.05, 0) is 42.0 Å². The van der Waals surface area contributed by atoms with Crippen LogP contribution in [-0.4, -0.2) is 18.9 Å². The number of hydrogen-bond donors (Lipinski definition) is 2. The van der Waals surface area contributed by atoms with Gasteiger partial charge in [-0.25, -0.2) is 0 Å². The standard InChI is InChI=1S/C23H19F3N2O3/c1-31-14-15-7-2-3-10-18(15)21(29)28-20-12-5-4-11-19(20)22(30)27-17-9-6-8-16(13-17)23(24,25)26/h2-13H,14H2,1H3,(H,27,30)(H,28,29). The van der Waals surface area contributed by atoms with E-state index in [9.17, 15) is 22.8 Å². The fraction of sp³-hybridized carbons (Fsp3) is 0.130. The summed E-state index contributed by atoms with van der Waals surface area (Å²) in [7, 11) is 1.52. The zero-order valence-corrected chi connectivity index (χ0v) is 16.5. The molecule has 0 aromatic heterocycles. The van der Waals surface area contributed by atoms with Crippen LogP contribution in [0.4, 0.5) is 24.5 Å². The number of rotatable bonds is 6. The molecule has 160 valence electrons. The summed E-state index contributed by atoms with van der Waals surface area (Å²) in [5.74, 6) is -1.09. The Morgan fingerprint density at radius 3 is 2.19 bits per heavy atom. The highest BCUT2D eigenvalue weighted by Crippen LogP contribution is 2.31. The fourth-order valence-electron chi connectivity index (χ4n) is 2.97. The summed E-state index contributed by atoms with van der Waals surface area (Å²) in [4.78, 5) is 25.5. The second-order valence-electron chi connectivity index (χ2n) is 6.62. The number of anilines is 2. The quantitative estimate of drug-likeness (QED) is 0.556. The monoisotopic (exact) mass is 428 g/mol. The van der Waals surface area contributed by atoms with Crippen LogP contribution in [0.2, 0.25) is 0 Å². The molecule has 0 radical (unpaired) electrons. The summed E-state index contributed by atoms with van der Waals surface area (Å²) in [5, 5.41) is 5.14. The van der Waals surface area contributed by atoms with Crippen molar-refractivity contribution in [2.75, 3.05) is 17.7 Å². The number of alkyl halides is 3. The van der Waals surface area contributed by atoms with Crippen LogP contribution >= 0.6 is 0 Å². The van der Waals surface area contributed by atoms with Gasteiger partial charge in [0.25, 0.3) is 11.8 Å². The molecule has 2 N–H and O–H groups in total. The highest BCUT2D eigenvalue weighted by atomic mass is 19.4. The Morgan fingerprint density at radius 2 is 1.48 bits per heavy atom. The Bertz CT molecular complexity index is 1100. The summed E-state index contributed by atoms with van der Waals surface area (Å²) >= 11 is 0. The van der Waals surface area contributed by atoms with Crippen LogP contribution in [0.5, 0.6) is 0 Å². The Morgan fingerprint density at radius 1 is 0.839 bits per heavy atom. The zero-order chi connectivity index (χ0) is 22.4. The molecular formula is C23H19F3N2O3. The van der Waals surface area contributed by atoms with E-state index in [-0.39, 0.29) is 23.5 Å². The molecule has 5 nitrogen and oxygen atoms in total. The molecule has 3 aromatic carbocycles. The van der Waals surface area contributed by atoms with E-state index in [1.807, 2.05) is 0 Å². The van der Waals surface area contributed by atoms with Crippen molar-refractivity contribution in [2.24, 2.45) is 0 Å². The van der Waals surface area contributed by atoms with Gasteiger partial charge < -0.3 is 15.4 Å². The van der Waals surface area contributed by atoms with Gasteiger partial charge in [0.05, 0.1) is 23.4 Å². The number of hydrogen-bond acceptors (Lipinski definition) is 3. The molecule has 0 fully saturated rings. The number of ether oxygens (including phenoxy) is 1. The molecular weight excluding hydrogens is 409 g/mol. The van der Waals surface area contributed by atoms with Gasteiger partial charge in [0.1, 0.15) is 0 Å². The first-order valence-electron chi connectivity index (χ1n) is 9.25. The van der Waals surface area contributed by atoms with Gasteiger partial charge in [0, 0.05) is 18.4 Å². The number of carbonyl (C=O) groups excluding carboxylic acids is 2. The molecule has 8 heteroatoms. The first-order chi connectivity index (χ1) is 14.8. The number of nitrogens with one attached hydrogen (secondary N) is 2. The minimum atomic E-state index is -4.53. The van der Waals surface area contributed by atoms with Crippen LogP contribution in [0.3, 0.4) is 0 Å². The Labute approximate surface area is 176 Å². The van der Waals surface area contributed by atoms with Crippen LogP contribution in [0.1, 0.15) is 31.8 Å². The van der Waals surface area contributed by atoms with Gasteiger partial charge in [0.15, 0.2) is 0 Å². The van der Waals surface area contributed by atoms with Gasteiger partial charge in [-0.15, -0.1) is 0 Å². The van der Waals surface area contributed by atoms with E-state index in [1.54, 1.807) is 36.4 Å². The number of amides is 2. The molecule has 2 amide bonds. The molecule has 0 aliphatic rings. The number of carbonyl (C=O) groups is 2. The third-order valence-corrected chi connectivity index (χ3v) is 4.43. The van der Waals surface area contributed by atoms with E-state index in [2.05, 4.69) is 10.6 Å². The summed E-state index contributed by atoms with van der Waals surface area (Å²) in [6, 6.07) is 17.4. The molecule has 0 unspecified atom stereocenters. The van der Waals surface area contributed by atoms with Gasteiger partial charge in [-0.3, -0.25) is 9.59 Å². The van der Waals surface area contributed by atoms with Crippen molar-refractivity contribution in [3.8, 4) is 0 Å². The lowest BCUT2D eigenvalue weighted by molar-refractivity contribution is -0.137. The lowest BCUT2D eigenvalue weighted by Gasteiger charge is -2.14. The van der Waals surface area contributed by atoms with Crippen LogP contribution in [0.25, 0.3) is 0 Å². The van der Waals surface area contributed by atoms with Gasteiger partial charge in [0.2, 0.25) is 0 Å². The third-order valence-electron chi connectivity index (χ3n) is 4.43. The molecule has 0 spiro atoms. The third kappa shape index (κ3) is 5.49. The van der Waals surface area contributed by atoms with Crippen molar-refractivity contribution in [1.29, 1.82) is 0 Å². The average molecular weight is 428 g/mol. The van der Waals surface area contributed by atoms with Crippen molar-refractivity contribution < 1.29 is 27.5 Å². The molecule has 3 aromatic rings. The van der Waals surface area contributed by atoms with E-state index in [1.165, 1.54) is 31.4 Å². The molecule has 0 atom stereocenters. The fourth-order valence-corrected chi connectivity index (χ4v) is 2.97. The van der Waals surface area contributed by atoms with Crippen molar-refractivity contribution in [1.82, 2.24) is 0 Å². The minimum absolute atomic E-state index is 0.00797. The van der Waals surface area contributed by atoms with Crippen LogP contribution < -0.4 is 10.6 Å².